The molecule has 18 heavy (non-hydrogen) atoms. The van der Waals surface area contributed by atoms with Crippen LogP contribution >= 0.6 is 0 Å². The maximum Gasteiger partial charge on any atom is 0.410 e. The molecule has 5 heteroatoms. The predicted octanol–water partition coefficient (Wildman–Crippen LogP) is 2.41. The van der Waals surface area contributed by atoms with E-state index in [0.717, 1.165) is 18.7 Å². The van der Waals surface area contributed by atoms with E-state index in [0.29, 0.717) is 6.54 Å². The maximum atomic E-state index is 12.2. The molecule has 1 amide bonds. The minimum absolute atomic E-state index is 0.168. The van der Waals surface area contributed by atoms with Gasteiger partial charge < -0.3 is 4.74 Å². The summed E-state index contributed by atoms with van der Waals surface area (Å²) in [7, 11) is 0. The second kappa shape index (κ2) is 4.63. The number of amides is 1. The predicted molar refractivity (Wildman–Crippen MR) is 68.1 cm³/mol. The molecule has 0 fully saturated rings. The molecule has 2 heterocycles. The Morgan fingerprint density at radius 1 is 1.50 bits per heavy atom. The van der Waals surface area contributed by atoms with E-state index in [2.05, 4.69) is 12.0 Å². The van der Waals surface area contributed by atoms with Crippen molar-refractivity contribution in [2.24, 2.45) is 0 Å². The number of fused-ring (bicyclic) bond motifs is 1. The van der Waals surface area contributed by atoms with E-state index in [-0.39, 0.29) is 12.1 Å². The van der Waals surface area contributed by atoms with Crippen LogP contribution in [0.5, 0.6) is 0 Å². The molecule has 1 aromatic rings. The molecular formula is C13H21N3O2. The first-order chi connectivity index (χ1) is 8.37. The average molecular weight is 251 g/mol. The van der Waals surface area contributed by atoms with E-state index >= 15 is 0 Å². The molecule has 0 aliphatic carbocycles. The van der Waals surface area contributed by atoms with Gasteiger partial charge in [-0.2, -0.15) is 5.10 Å². The molecule has 1 aliphatic rings. The number of aromatic nitrogens is 2. The summed E-state index contributed by atoms with van der Waals surface area (Å²) in [4.78, 5) is 14.0. The van der Waals surface area contributed by atoms with Crippen LogP contribution < -0.4 is 0 Å². The van der Waals surface area contributed by atoms with E-state index < -0.39 is 5.60 Å². The van der Waals surface area contributed by atoms with Crippen molar-refractivity contribution >= 4 is 6.09 Å². The fraction of sp³-hybridized carbons (Fsp3) is 0.692. The lowest BCUT2D eigenvalue weighted by Gasteiger charge is -2.30. The fourth-order valence-corrected chi connectivity index (χ4v) is 2.06. The maximum absolute atomic E-state index is 12.2. The summed E-state index contributed by atoms with van der Waals surface area (Å²) in [6.45, 7) is 9.13. The van der Waals surface area contributed by atoms with Crippen LogP contribution in [0.3, 0.4) is 0 Å². The standard InChI is InChI=1S/C13H21N3O2/c1-10-6-8-16-11(5-7-14-16)9-15(10)12(17)18-13(2,3)4/h5,7,10H,6,8-9H2,1-4H3/t10-/m0/s1. The molecule has 0 aromatic carbocycles. The Labute approximate surface area is 108 Å². The van der Waals surface area contributed by atoms with Crippen molar-refractivity contribution in [3.8, 4) is 0 Å². The van der Waals surface area contributed by atoms with Crippen molar-refractivity contribution < 1.29 is 9.53 Å². The van der Waals surface area contributed by atoms with Gasteiger partial charge in [0.1, 0.15) is 5.60 Å². The lowest BCUT2D eigenvalue weighted by Crippen LogP contribution is -2.41. The summed E-state index contributed by atoms with van der Waals surface area (Å²) in [6.07, 6.45) is 2.43. The SMILES string of the molecule is C[C@H]1CCn2nccc2CN1C(=O)OC(C)(C)C. The molecule has 100 valence electrons. The molecule has 2 rings (SSSR count). The van der Waals surface area contributed by atoms with Gasteiger partial charge in [-0.05, 0) is 40.2 Å². The second-order valence-corrected chi connectivity index (χ2v) is 5.79. The topological polar surface area (TPSA) is 47.4 Å². The van der Waals surface area contributed by atoms with Crippen LogP contribution in [-0.2, 0) is 17.8 Å². The minimum atomic E-state index is -0.455. The third-order valence-corrected chi connectivity index (χ3v) is 3.06. The van der Waals surface area contributed by atoms with Gasteiger partial charge in [-0.1, -0.05) is 0 Å². The third kappa shape index (κ3) is 2.83. The van der Waals surface area contributed by atoms with Gasteiger partial charge in [-0.25, -0.2) is 4.79 Å². The van der Waals surface area contributed by atoms with E-state index in [9.17, 15) is 4.79 Å². The van der Waals surface area contributed by atoms with Crippen LogP contribution in [0.25, 0.3) is 0 Å². The molecule has 1 aliphatic heterocycles. The first-order valence-corrected chi connectivity index (χ1v) is 6.37. The van der Waals surface area contributed by atoms with Crippen LogP contribution in [0, 0.1) is 0 Å². The largest absolute Gasteiger partial charge is 0.444 e. The van der Waals surface area contributed by atoms with Gasteiger partial charge >= 0.3 is 6.09 Å². The molecule has 0 saturated heterocycles. The normalized spacial score (nSPS) is 20.2. The highest BCUT2D eigenvalue weighted by Gasteiger charge is 2.28. The summed E-state index contributed by atoms with van der Waals surface area (Å²) >= 11 is 0. The molecule has 0 bridgehead atoms. The monoisotopic (exact) mass is 251 g/mol. The Morgan fingerprint density at radius 2 is 2.22 bits per heavy atom. The first-order valence-electron chi connectivity index (χ1n) is 6.37. The lowest BCUT2D eigenvalue weighted by atomic mass is 10.2. The molecule has 0 radical (unpaired) electrons. The minimum Gasteiger partial charge on any atom is -0.444 e. The van der Waals surface area contributed by atoms with Gasteiger partial charge in [-0.3, -0.25) is 9.58 Å². The average Bonchev–Trinajstić information content (AvgIpc) is 2.61. The highest BCUT2D eigenvalue weighted by molar-refractivity contribution is 5.68. The number of carbonyl (C=O) groups excluding carboxylic acids is 1. The summed E-state index contributed by atoms with van der Waals surface area (Å²) < 4.78 is 7.41. The van der Waals surface area contributed by atoms with Crippen LogP contribution in [-0.4, -0.2) is 32.4 Å². The van der Waals surface area contributed by atoms with Gasteiger partial charge in [0, 0.05) is 18.8 Å². The zero-order valence-electron chi connectivity index (χ0n) is 11.5. The van der Waals surface area contributed by atoms with Crippen molar-refractivity contribution in [3.63, 3.8) is 0 Å². The van der Waals surface area contributed by atoms with Gasteiger partial charge in [0.15, 0.2) is 0 Å². The Kier molecular flexibility index (Phi) is 3.32. The second-order valence-electron chi connectivity index (χ2n) is 5.79. The van der Waals surface area contributed by atoms with E-state index in [1.54, 1.807) is 11.1 Å². The third-order valence-electron chi connectivity index (χ3n) is 3.06. The molecule has 1 atom stereocenters. The summed E-state index contributed by atoms with van der Waals surface area (Å²) in [5.41, 5.74) is 0.605. The summed E-state index contributed by atoms with van der Waals surface area (Å²) in [5.74, 6) is 0. The molecule has 1 aromatic heterocycles. The summed E-state index contributed by atoms with van der Waals surface area (Å²) in [5, 5.41) is 4.26. The van der Waals surface area contributed by atoms with Gasteiger partial charge in [0.25, 0.3) is 0 Å². The van der Waals surface area contributed by atoms with Crippen LogP contribution in [0.4, 0.5) is 4.79 Å². The Hall–Kier alpha value is -1.52. The molecular weight excluding hydrogens is 230 g/mol. The van der Waals surface area contributed by atoms with E-state index in [1.165, 1.54) is 0 Å². The number of ether oxygens (including phenoxy) is 1. The van der Waals surface area contributed by atoms with Crippen molar-refractivity contribution in [1.82, 2.24) is 14.7 Å². The number of hydrogen-bond donors (Lipinski definition) is 0. The Morgan fingerprint density at radius 3 is 2.89 bits per heavy atom. The van der Waals surface area contributed by atoms with Crippen molar-refractivity contribution in [2.75, 3.05) is 0 Å². The highest BCUT2D eigenvalue weighted by atomic mass is 16.6. The zero-order valence-corrected chi connectivity index (χ0v) is 11.5. The highest BCUT2D eigenvalue weighted by Crippen LogP contribution is 2.20. The fourth-order valence-electron chi connectivity index (χ4n) is 2.06. The molecule has 5 nitrogen and oxygen atoms in total. The van der Waals surface area contributed by atoms with Crippen LogP contribution in [0.2, 0.25) is 0 Å². The smallest absolute Gasteiger partial charge is 0.410 e. The molecule has 0 saturated carbocycles. The number of rotatable bonds is 0. The number of hydrogen-bond acceptors (Lipinski definition) is 3. The summed E-state index contributed by atoms with van der Waals surface area (Å²) in [6, 6.07) is 2.12. The first kappa shape index (κ1) is 12.9. The van der Waals surface area contributed by atoms with Crippen LogP contribution in [0.1, 0.15) is 39.8 Å². The van der Waals surface area contributed by atoms with Crippen LogP contribution in [0.15, 0.2) is 12.3 Å². The zero-order chi connectivity index (χ0) is 13.3. The van der Waals surface area contributed by atoms with Gasteiger partial charge in [0.2, 0.25) is 0 Å². The van der Waals surface area contributed by atoms with Crippen molar-refractivity contribution in [3.05, 3.63) is 18.0 Å². The number of carbonyl (C=O) groups is 1. The van der Waals surface area contributed by atoms with Gasteiger partial charge in [0.05, 0.1) is 12.2 Å². The lowest BCUT2D eigenvalue weighted by molar-refractivity contribution is 0.0156. The quantitative estimate of drug-likeness (QED) is 0.711. The molecule has 0 unspecified atom stereocenters. The van der Waals surface area contributed by atoms with Crippen molar-refractivity contribution in [1.29, 1.82) is 0 Å². The molecule has 0 spiro atoms. The van der Waals surface area contributed by atoms with E-state index in [4.69, 9.17) is 4.74 Å². The molecule has 0 N–H and O–H groups in total. The Balaban J connectivity index is 2.14. The number of aryl methyl sites for hydroxylation is 1. The Bertz CT molecular complexity index is 434. The van der Waals surface area contributed by atoms with Gasteiger partial charge in [-0.15, -0.1) is 0 Å². The number of nitrogens with zero attached hydrogens (tertiary/aromatic N) is 3. The van der Waals surface area contributed by atoms with E-state index in [1.807, 2.05) is 31.5 Å². The van der Waals surface area contributed by atoms with Crippen molar-refractivity contribution in [2.45, 2.75) is 58.8 Å².